The van der Waals surface area contributed by atoms with Gasteiger partial charge in [-0.15, -0.1) is 0 Å². The average Bonchev–Trinajstić information content (AvgIpc) is 2.99. The van der Waals surface area contributed by atoms with Crippen LogP contribution in [0.2, 0.25) is 0 Å². The fourth-order valence-corrected chi connectivity index (χ4v) is 3.90. The van der Waals surface area contributed by atoms with Gasteiger partial charge < -0.3 is 18.9 Å². The van der Waals surface area contributed by atoms with Crippen LogP contribution in [0.1, 0.15) is 72.2 Å². The first kappa shape index (κ1) is 31.1. The third-order valence-electron chi connectivity index (χ3n) is 6.52. The molecule has 7 nitrogen and oxygen atoms in total. The summed E-state index contributed by atoms with van der Waals surface area (Å²) >= 11 is 0. The van der Waals surface area contributed by atoms with Gasteiger partial charge in [-0.05, 0) is 104 Å². The highest BCUT2D eigenvalue weighted by Gasteiger charge is 2.12. The second kappa shape index (κ2) is 16.7. The number of carbonyl (C=O) groups is 3. The lowest BCUT2D eigenvalue weighted by Crippen LogP contribution is -2.10. The largest absolute Gasteiger partial charge is 0.494 e. The highest BCUT2D eigenvalue weighted by molar-refractivity contribution is 5.92. The summed E-state index contributed by atoms with van der Waals surface area (Å²) < 4.78 is 21.6. The number of rotatable bonds is 16. The standard InChI is InChI=1S/C34H38O7/c1-4-25(3)24-26-10-16-30(17-11-26)40-34(37)28-14-20-31(21-15-28)41-33(36)27-12-18-29(19-13-27)38-22-8-6-7-9-23-39-32(35)5-2/h5,10-21,25H,2,4,6-9,22-24H2,1,3H3. The topological polar surface area (TPSA) is 88.1 Å². The van der Waals surface area contributed by atoms with Gasteiger partial charge in [0.2, 0.25) is 0 Å². The molecule has 0 bridgehead atoms. The van der Waals surface area contributed by atoms with Crippen molar-refractivity contribution in [1.82, 2.24) is 0 Å². The Balaban J connectivity index is 1.39. The molecule has 3 rings (SSSR count). The van der Waals surface area contributed by atoms with Crippen LogP contribution < -0.4 is 14.2 Å². The fraction of sp³-hybridized carbons (Fsp3) is 0.324. The van der Waals surface area contributed by atoms with E-state index in [4.69, 9.17) is 18.9 Å². The fourth-order valence-electron chi connectivity index (χ4n) is 3.90. The smallest absolute Gasteiger partial charge is 0.343 e. The maximum atomic E-state index is 12.6. The van der Waals surface area contributed by atoms with Crippen LogP contribution in [0.25, 0.3) is 0 Å². The third kappa shape index (κ3) is 11.0. The van der Waals surface area contributed by atoms with Gasteiger partial charge in [0.05, 0.1) is 24.3 Å². The Morgan fingerprint density at radius 2 is 1.20 bits per heavy atom. The van der Waals surface area contributed by atoms with E-state index in [0.29, 0.717) is 47.5 Å². The molecule has 0 aromatic heterocycles. The van der Waals surface area contributed by atoms with Gasteiger partial charge in [-0.2, -0.15) is 0 Å². The lowest BCUT2D eigenvalue weighted by Gasteiger charge is -2.10. The zero-order chi connectivity index (χ0) is 29.5. The quantitative estimate of drug-likeness (QED) is 0.0784. The van der Waals surface area contributed by atoms with Crippen molar-refractivity contribution in [3.8, 4) is 17.2 Å². The van der Waals surface area contributed by atoms with E-state index in [1.807, 2.05) is 12.1 Å². The van der Waals surface area contributed by atoms with Crippen molar-refractivity contribution in [3.63, 3.8) is 0 Å². The van der Waals surface area contributed by atoms with Crippen molar-refractivity contribution < 1.29 is 33.3 Å². The van der Waals surface area contributed by atoms with Crippen molar-refractivity contribution in [2.75, 3.05) is 13.2 Å². The van der Waals surface area contributed by atoms with Crippen LogP contribution >= 0.6 is 0 Å². The van der Waals surface area contributed by atoms with Crippen molar-refractivity contribution in [2.45, 2.75) is 52.4 Å². The lowest BCUT2D eigenvalue weighted by atomic mass is 9.99. The molecule has 0 radical (unpaired) electrons. The number of hydrogen-bond acceptors (Lipinski definition) is 7. The van der Waals surface area contributed by atoms with Crippen LogP contribution in [0.5, 0.6) is 17.2 Å². The van der Waals surface area contributed by atoms with E-state index in [1.54, 1.807) is 60.7 Å². The maximum absolute atomic E-state index is 12.6. The molecule has 0 saturated heterocycles. The number of carbonyl (C=O) groups excluding carboxylic acids is 3. The molecular weight excluding hydrogens is 520 g/mol. The van der Waals surface area contributed by atoms with Crippen LogP contribution in [0.3, 0.4) is 0 Å². The molecule has 216 valence electrons. The number of hydrogen-bond donors (Lipinski definition) is 0. The molecule has 0 amide bonds. The van der Waals surface area contributed by atoms with Crippen LogP contribution in [0.4, 0.5) is 0 Å². The molecule has 0 fully saturated rings. The molecule has 1 unspecified atom stereocenters. The predicted molar refractivity (Wildman–Crippen MR) is 158 cm³/mol. The average molecular weight is 559 g/mol. The van der Waals surface area contributed by atoms with Crippen LogP contribution in [-0.4, -0.2) is 31.1 Å². The monoisotopic (exact) mass is 558 g/mol. The molecule has 0 aliphatic heterocycles. The van der Waals surface area contributed by atoms with Gasteiger partial charge >= 0.3 is 17.9 Å². The summed E-state index contributed by atoms with van der Waals surface area (Å²) in [4.78, 5) is 36.1. The zero-order valence-electron chi connectivity index (χ0n) is 23.8. The first-order valence-corrected chi connectivity index (χ1v) is 14.0. The molecule has 0 aliphatic carbocycles. The molecule has 0 aliphatic rings. The minimum absolute atomic E-state index is 0.320. The van der Waals surface area contributed by atoms with E-state index in [-0.39, 0.29) is 0 Å². The highest BCUT2D eigenvalue weighted by atomic mass is 16.5. The number of esters is 3. The van der Waals surface area contributed by atoms with Crippen LogP contribution in [0.15, 0.2) is 85.5 Å². The van der Waals surface area contributed by atoms with Crippen molar-refractivity contribution in [2.24, 2.45) is 5.92 Å². The predicted octanol–water partition coefficient (Wildman–Crippen LogP) is 7.38. The summed E-state index contributed by atoms with van der Waals surface area (Å²) in [5.74, 6) is 0.671. The van der Waals surface area contributed by atoms with Gasteiger partial charge in [0.25, 0.3) is 0 Å². The number of ether oxygens (including phenoxy) is 4. The summed E-state index contributed by atoms with van der Waals surface area (Å²) in [5, 5.41) is 0. The summed E-state index contributed by atoms with van der Waals surface area (Å²) in [5.41, 5.74) is 1.94. The zero-order valence-corrected chi connectivity index (χ0v) is 23.8. The first-order chi connectivity index (χ1) is 19.9. The van der Waals surface area contributed by atoms with Gasteiger partial charge in [-0.25, -0.2) is 14.4 Å². The molecule has 7 heteroatoms. The van der Waals surface area contributed by atoms with E-state index in [0.717, 1.165) is 44.6 Å². The number of unbranched alkanes of at least 4 members (excludes halogenated alkanes) is 3. The molecular formula is C34H38O7. The second-order valence-corrected chi connectivity index (χ2v) is 9.82. The molecule has 3 aromatic carbocycles. The Kier molecular flexibility index (Phi) is 12.6. The minimum Gasteiger partial charge on any atom is -0.494 e. The van der Waals surface area contributed by atoms with E-state index in [2.05, 4.69) is 20.4 Å². The summed E-state index contributed by atoms with van der Waals surface area (Å²) in [6, 6.07) is 20.5. The number of benzene rings is 3. The molecule has 0 saturated carbocycles. The van der Waals surface area contributed by atoms with E-state index < -0.39 is 17.9 Å². The first-order valence-electron chi connectivity index (χ1n) is 14.0. The Bertz CT molecular complexity index is 1260. The van der Waals surface area contributed by atoms with Crippen molar-refractivity contribution in [1.29, 1.82) is 0 Å². The van der Waals surface area contributed by atoms with Gasteiger partial charge in [0.1, 0.15) is 17.2 Å². The minimum atomic E-state index is -0.512. The van der Waals surface area contributed by atoms with Gasteiger partial charge in [-0.1, -0.05) is 39.0 Å². The maximum Gasteiger partial charge on any atom is 0.343 e. The Morgan fingerprint density at radius 3 is 1.71 bits per heavy atom. The second-order valence-electron chi connectivity index (χ2n) is 9.82. The molecule has 0 N–H and O–H groups in total. The molecule has 0 spiro atoms. The summed E-state index contributed by atoms with van der Waals surface area (Å²) in [7, 11) is 0. The summed E-state index contributed by atoms with van der Waals surface area (Å²) in [6.07, 6.45) is 6.83. The lowest BCUT2D eigenvalue weighted by molar-refractivity contribution is -0.137. The SMILES string of the molecule is C=CC(=O)OCCCCCCOc1ccc(C(=O)Oc2ccc(C(=O)Oc3ccc(CC(C)CC)cc3)cc2)cc1. The molecule has 41 heavy (non-hydrogen) atoms. The highest BCUT2D eigenvalue weighted by Crippen LogP contribution is 2.20. The Hall–Kier alpha value is -4.39. The normalized spacial score (nSPS) is 11.3. The molecule has 1 atom stereocenters. The third-order valence-corrected chi connectivity index (χ3v) is 6.52. The van der Waals surface area contributed by atoms with E-state index in [1.165, 1.54) is 5.56 Å². The molecule has 0 heterocycles. The Morgan fingerprint density at radius 1 is 0.707 bits per heavy atom. The Labute approximate surface area is 242 Å². The van der Waals surface area contributed by atoms with E-state index in [9.17, 15) is 14.4 Å². The van der Waals surface area contributed by atoms with Gasteiger partial charge in [0, 0.05) is 6.08 Å². The van der Waals surface area contributed by atoms with Gasteiger partial charge in [0.15, 0.2) is 0 Å². The van der Waals surface area contributed by atoms with E-state index >= 15 is 0 Å². The van der Waals surface area contributed by atoms with Crippen LogP contribution in [-0.2, 0) is 16.0 Å². The van der Waals surface area contributed by atoms with Gasteiger partial charge in [-0.3, -0.25) is 0 Å². The van der Waals surface area contributed by atoms with Crippen LogP contribution in [0, 0.1) is 5.92 Å². The van der Waals surface area contributed by atoms with Crippen molar-refractivity contribution >= 4 is 17.9 Å². The van der Waals surface area contributed by atoms with Crippen molar-refractivity contribution in [3.05, 3.63) is 102 Å². The summed E-state index contributed by atoms with van der Waals surface area (Å²) in [6.45, 7) is 8.69. The molecule has 3 aromatic rings.